The van der Waals surface area contributed by atoms with Gasteiger partial charge in [-0.15, -0.1) is 0 Å². The lowest BCUT2D eigenvalue weighted by atomic mass is 10.0. The highest BCUT2D eigenvalue weighted by Gasteiger charge is 2.13. The first-order valence-corrected chi connectivity index (χ1v) is 6.46. The minimum atomic E-state index is -0.114. The average Bonchev–Trinajstić information content (AvgIpc) is 2.74. The maximum atomic E-state index is 11.0. The minimum absolute atomic E-state index is 0.114. The van der Waals surface area contributed by atoms with Crippen molar-refractivity contribution in [2.45, 2.75) is 45.1 Å². The monoisotopic (exact) mass is 238 g/mol. The molecule has 0 bridgehead atoms. The summed E-state index contributed by atoms with van der Waals surface area (Å²) < 4.78 is 2.49. The van der Waals surface area contributed by atoms with Crippen LogP contribution in [0.15, 0.2) is 17.1 Å². The van der Waals surface area contributed by atoms with Gasteiger partial charge in [-0.2, -0.15) is 0 Å². The first kappa shape index (κ1) is 11.6. The number of H-pyrrole nitrogens is 1. The van der Waals surface area contributed by atoms with Gasteiger partial charge in [-0.3, -0.25) is 9.78 Å². The zero-order valence-electron chi connectivity index (χ0n) is 9.45. The van der Waals surface area contributed by atoms with Crippen LogP contribution in [-0.4, -0.2) is 9.55 Å². The van der Waals surface area contributed by atoms with E-state index in [1.54, 1.807) is 6.20 Å². The largest absolute Gasteiger partial charge is 0.325 e. The Bertz CT molecular complexity index is 443. The van der Waals surface area contributed by atoms with Crippen molar-refractivity contribution in [3.63, 3.8) is 0 Å². The maximum absolute atomic E-state index is 11.0. The SMILES string of the molecule is O=c1ccn(CCCC2CCCC2)c(=S)[nH]1. The fourth-order valence-corrected chi connectivity index (χ4v) is 2.72. The third-order valence-electron chi connectivity index (χ3n) is 3.38. The van der Waals surface area contributed by atoms with Crippen LogP contribution in [0.3, 0.4) is 0 Å². The third-order valence-corrected chi connectivity index (χ3v) is 3.72. The molecule has 0 aromatic carbocycles. The highest BCUT2D eigenvalue weighted by Crippen LogP contribution is 2.28. The molecule has 4 heteroatoms. The maximum Gasteiger partial charge on any atom is 0.251 e. The molecule has 1 fully saturated rings. The Morgan fingerprint density at radius 3 is 2.88 bits per heavy atom. The first-order chi connectivity index (χ1) is 7.75. The van der Waals surface area contributed by atoms with Crippen LogP contribution in [0.4, 0.5) is 0 Å². The van der Waals surface area contributed by atoms with E-state index >= 15 is 0 Å². The van der Waals surface area contributed by atoms with Crippen molar-refractivity contribution in [2.24, 2.45) is 5.92 Å². The van der Waals surface area contributed by atoms with Gasteiger partial charge in [0.15, 0.2) is 4.77 Å². The molecule has 1 aliphatic carbocycles. The van der Waals surface area contributed by atoms with Crippen LogP contribution < -0.4 is 5.56 Å². The zero-order chi connectivity index (χ0) is 11.4. The van der Waals surface area contributed by atoms with E-state index in [2.05, 4.69) is 4.98 Å². The molecular formula is C12H18N2OS. The third kappa shape index (κ3) is 3.04. The number of aromatic amines is 1. The Balaban J connectivity index is 1.84. The number of hydrogen-bond acceptors (Lipinski definition) is 2. The zero-order valence-corrected chi connectivity index (χ0v) is 10.3. The molecule has 0 unspecified atom stereocenters. The van der Waals surface area contributed by atoms with Crippen molar-refractivity contribution >= 4 is 12.2 Å². The normalized spacial score (nSPS) is 16.8. The van der Waals surface area contributed by atoms with Crippen molar-refractivity contribution in [3.05, 3.63) is 27.4 Å². The lowest BCUT2D eigenvalue weighted by Crippen LogP contribution is -2.11. The number of nitrogens with one attached hydrogen (secondary N) is 1. The Labute approximate surface area is 101 Å². The van der Waals surface area contributed by atoms with Gasteiger partial charge in [-0.25, -0.2) is 0 Å². The molecule has 3 nitrogen and oxygen atoms in total. The Kier molecular flexibility index (Phi) is 3.93. The minimum Gasteiger partial charge on any atom is -0.325 e. The van der Waals surface area contributed by atoms with Gasteiger partial charge in [0.1, 0.15) is 0 Å². The number of aryl methyl sites for hydroxylation is 1. The molecule has 16 heavy (non-hydrogen) atoms. The van der Waals surface area contributed by atoms with E-state index < -0.39 is 0 Å². The molecule has 0 saturated heterocycles. The van der Waals surface area contributed by atoms with E-state index in [1.807, 2.05) is 4.57 Å². The second-order valence-electron chi connectivity index (χ2n) is 4.60. The highest BCUT2D eigenvalue weighted by atomic mass is 32.1. The van der Waals surface area contributed by atoms with Gasteiger partial charge in [0.2, 0.25) is 0 Å². The van der Waals surface area contributed by atoms with Crippen LogP contribution in [0, 0.1) is 10.7 Å². The molecule has 0 spiro atoms. The predicted molar refractivity (Wildman–Crippen MR) is 67.1 cm³/mol. The molecule has 1 N–H and O–H groups in total. The van der Waals surface area contributed by atoms with E-state index in [1.165, 1.54) is 38.2 Å². The van der Waals surface area contributed by atoms with Crippen molar-refractivity contribution in [2.75, 3.05) is 0 Å². The quantitative estimate of drug-likeness (QED) is 0.819. The molecule has 0 aliphatic heterocycles. The molecule has 1 saturated carbocycles. The summed E-state index contributed by atoms with van der Waals surface area (Å²) in [6.07, 6.45) is 9.85. The van der Waals surface area contributed by atoms with E-state index in [-0.39, 0.29) is 5.56 Å². The van der Waals surface area contributed by atoms with Gasteiger partial charge in [0.25, 0.3) is 5.56 Å². The lowest BCUT2D eigenvalue weighted by Gasteiger charge is -2.09. The molecule has 0 amide bonds. The highest BCUT2D eigenvalue weighted by molar-refractivity contribution is 7.71. The Morgan fingerprint density at radius 1 is 1.44 bits per heavy atom. The molecule has 1 aromatic rings. The average molecular weight is 238 g/mol. The predicted octanol–water partition coefficient (Wildman–Crippen LogP) is 2.88. The first-order valence-electron chi connectivity index (χ1n) is 6.05. The smallest absolute Gasteiger partial charge is 0.251 e. The summed E-state index contributed by atoms with van der Waals surface area (Å²) in [5, 5.41) is 0. The van der Waals surface area contributed by atoms with Gasteiger partial charge in [-0.1, -0.05) is 25.7 Å². The Morgan fingerprint density at radius 2 is 2.19 bits per heavy atom. The fourth-order valence-electron chi connectivity index (χ4n) is 2.47. The molecule has 2 rings (SSSR count). The van der Waals surface area contributed by atoms with Crippen LogP contribution in [0.5, 0.6) is 0 Å². The van der Waals surface area contributed by atoms with Crippen LogP contribution in [0.25, 0.3) is 0 Å². The van der Waals surface area contributed by atoms with Crippen molar-refractivity contribution < 1.29 is 0 Å². The van der Waals surface area contributed by atoms with Gasteiger partial charge in [0.05, 0.1) is 0 Å². The molecule has 1 aliphatic rings. The van der Waals surface area contributed by atoms with Crippen molar-refractivity contribution in [1.82, 2.24) is 9.55 Å². The number of rotatable bonds is 4. The molecule has 1 heterocycles. The van der Waals surface area contributed by atoms with Gasteiger partial charge >= 0.3 is 0 Å². The van der Waals surface area contributed by atoms with Crippen LogP contribution in [0.2, 0.25) is 0 Å². The van der Waals surface area contributed by atoms with Crippen LogP contribution in [-0.2, 0) is 6.54 Å². The topological polar surface area (TPSA) is 37.8 Å². The van der Waals surface area contributed by atoms with E-state index in [0.29, 0.717) is 4.77 Å². The summed E-state index contributed by atoms with van der Waals surface area (Å²) in [4.78, 5) is 13.6. The molecular weight excluding hydrogens is 220 g/mol. The number of nitrogens with zero attached hydrogens (tertiary/aromatic N) is 1. The summed E-state index contributed by atoms with van der Waals surface area (Å²) in [6, 6.07) is 1.53. The Hall–Kier alpha value is -0.900. The second-order valence-corrected chi connectivity index (χ2v) is 4.98. The summed E-state index contributed by atoms with van der Waals surface area (Å²) in [6.45, 7) is 0.923. The summed E-state index contributed by atoms with van der Waals surface area (Å²) in [5.74, 6) is 0.928. The van der Waals surface area contributed by atoms with Crippen molar-refractivity contribution in [3.8, 4) is 0 Å². The summed E-state index contributed by atoms with van der Waals surface area (Å²) in [5.41, 5.74) is -0.114. The van der Waals surface area contributed by atoms with E-state index in [4.69, 9.17) is 12.2 Å². The van der Waals surface area contributed by atoms with Crippen LogP contribution >= 0.6 is 12.2 Å². The molecule has 0 atom stereocenters. The van der Waals surface area contributed by atoms with Gasteiger partial charge < -0.3 is 4.57 Å². The van der Waals surface area contributed by atoms with Crippen LogP contribution in [0.1, 0.15) is 38.5 Å². The molecule has 1 aromatic heterocycles. The van der Waals surface area contributed by atoms with Gasteiger partial charge in [0, 0.05) is 18.8 Å². The second kappa shape index (κ2) is 5.43. The number of aromatic nitrogens is 2. The van der Waals surface area contributed by atoms with Crippen molar-refractivity contribution in [1.29, 1.82) is 0 Å². The standard InChI is InChI=1S/C12H18N2OS/c15-11-7-9-14(12(16)13-11)8-3-6-10-4-1-2-5-10/h7,9-10H,1-6,8H2,(H,13,15,16). The number of hydrogen-bond donors (Lipinski definition) is 1. The molecule has 0 radical (unpaired) electrons. The summed E-state index contributed by atoms with van der Waals surface area (Å²) >= 11 is 5.10. The fraction of sp³-hybridized carbons (Fsp3) is 0.667. The van der Waals surface area contributed by atoms with E-state index in [9.17, 15) is 4.79 Å². The molecule has 88 valence electrons. The lowest BCUT2D eigenvalue weighted by molar-refractivity contribution is 0.455. The van der Waals surface area contributed by atoms with E-state index in [0.717, 1.165) is 18.9 Å². The summed E-state index contributed by atoms with van der Waals surface area (Å²) in [7, 11) is 0. The van der Waals surface area contributed by atoms with Gasteiger partial charge in [-0.05, 0) is 31.0 Å².